The topological polar surface area (TPSA) is 149 Å². The van der Waals surface area contributed by atoms with Crippen molar-refractivity contribution >= 4 is 5.91 Å². The van der Waals surface area contributed by atoms with Gasteiger partial charge in [0.05, 0.1) is 25.4 Å². The Hall–Kier alpha value is -1.59. The maximum absolute atomic E-state index is 13.0. The summed E-state index contributed by atoms with van der Waals surface area (Å²) in [4.78, 5) is 13.0. The van der Waals surface area contributed by atoms with E-state index >= 15 is 0 Å². The number of ether oxygens (including phenoxy) is 2. The van der Waals surface area contributed by atoms with E-state index in [1.54, 1.807) is 6.08 Å². The zero-order valence-corrected chi connectivity index (χ0v) is 43.7. The number of aliphatic hydroxyl groups excluding tert-OH is 5. The Kier molecular flexibility index (Phi) is 45.5. The number of allylic oxidation sites excluding steroid dienone is 5. The van der Waals surface area contributed by atoms with Crippen LogP contribution in [-0.4, -0.2) is 87.5 Å². The number of rotatable bonds is 49. The van der Waals surface area contributed by atoms with Crippen LogP contribution in [0.1, 0.15) is 271 Å². The third kappa shape index (κ3) is 37.9. The molecule has 6 N–H and O–H groups in total. The summed E-state index contributed by atoms with van der Waals surface area (Å²) in [5.74, 6) is -0.183. The van der Waals surface area contributed by atoms with E-state index in [1.165, 1.54) is 193 Å². The first kappa shape index (κ1) is 63.4. The molecular weight excluding hydrogens is 839 g/mol. The highest BCUT2D eigenvalue weighted by molar-refractivity contribution is 5.76. The standard InChI is InChI=1S/C58H109NO8/c1-3-5-7-9-11-13-15-17-19-21-22-23-24-25-26-27-28-29-30-32-33-35-37-39-41-43-45-47-52(61)51(50-66-58-57(65)56(64)55(63)53(49-60)67-58)59-54(62)48-46-44-42-40-38-36-34-31-20-18-16-14-12-10-8-6-4-2/h12,14,18,20,45,47,51-53,55-58,60-61,63-65H,3-11,13,15-17,19,21-44,46,48-50H2,1-2H3,(H,59,62)/b14-12-,20-18-,47-45+. The van der Waals surface area contributed by atoms with Crippen molar-refractivity contribution in [3.8, 4) is 0 Å². The number of hydrogen-bond donors (Lipinski definition) is 6. The fraction of sp³-hybridized carbons (Fsp3) is 0.879. The molecular formula is C58H109NO8. The molecule has 1 rings (SSSR count). The van der Waals surface area contributed by atoms with Gasteiger partial charge < -0.3 is 40.3 Å². The van der Waals surface area contributed by atoms with Gasteiger partial charge in [-0.15, -0.1) is 0 Å². The van der Waals surface area contributed by atoms with Crippen molar-refractivity contribution in [2.45, 2.75) is 314 Å². The number of aliphatic hydroxyl groups is 5. The first-order valence-electron chi connectivity index (χ1n) is 28.7. The number of hydrogen-bond acceptors (Lipinski definition) is 8. The average molecular weight is 949 g/mol. The fourth-order valence-electron chi connectivity index (χ4n) is 9.13. The van der Waals surface area contributed by atoms with E-state index in [9.17, 15) is 30.3 Å². The van der Waals surface area contributed by atoms with E-state index in [4.69, 9.17) is 9.47 Å². The van der Waals surface area contributed by atoms with Gasteiger partial charge in [0.25, 0.3) is 0 Å². The lowest BCUT2D eigenvalue weighted by molar-refractivity contribution is -0.302. The predicted molar refractivity (Wildman–Crippen MR) is 281 cm³/mol. The lowest BCUT2D eigenvalue weighted by Gasteiger charge is -2.40. The van der Waals surface area contributed by atoms with E-state index < -0.39 is 49.5 Å². The maximum Gasteiger partial charge on any atom is 0.220 e. The van der Waals surface area contributed by atoms with Crippen LogP contribution >= 0.6 is 0 Å². The third-order valence-electron chi connectivity index (χ3n) is 13.7. The summed E-state index contributed by atoms with van der Waals surface area (Å²) >= 11 is 0. The van der Waals surface area contributed by atoms with E-state index in [1.807, 2.05) is 6.08 Å². The molecule has 0 spiro atoms. The monoisotopic (exact) mass is 948 g/mol. The molecule has 7 unspecified atom stereocenters. The molecule has 394 valence electrons. The minimum Gasteiger partial charge on any atom is -0.394 e. The molecule has 1 aliphatic heterocycles. The van der Waals surface area contributed by atoms with Crippen LogP contribution in [0, 0.1) is 0 Å². The highest BCUT2D eigenvalue weighted by atomic mass is 16.7. The zero-order valence-electron chi connectivity index (χ0n) is 43.7. The van der Waals surface area contributed by atoms with Gasteiger partial charge in [0.2, 0.25) is 5.91 Å². The number of amides is 1. The molecule has 1 aliphatic rings. The lowest BCUT2D eigenvalue weighted by Crippen LogP contribution is -2.60. The number of carbonyl (C=O) groups excluding carboxylic acids is 1. The second-order valence-corrected chi connectivity index (χ2v) is 20.1. The molecule has 0 aromatic heterocycles. The smallest absolute Gasteiger partial charge is 0.220 e. The molecule has 0 aromatic rings. The molecule has 0 radical (unpaired) electrons. The van der Waals surface area contributed by atoms with Crippen LogP contribution in [0.5, 0.6) is 0 Å². The van der Waals surface area contributed by atoms with Crippen LogP contribution in [0.4, 0.5) is 0 Å². The second kappa shape index (κ2) is 48.1. The molecule has 67 heavy (non-hydrogen) atoms. The SMILES string of the molecule is CCCCC/C=C\C/C=C\CCCCCCCCCC(=O)NC(COC1OC(CO)C(O)C(O)C1O)C(O)/C=C/CCCCCCCCCCCCCCCCCCCCCCCCCCC. The van der Waals surface area contributed by atoms with Gasteiger partial charge >= 0.3 is 0 Å². The van der Waals surface area contributed by atoms with Crippen molar-refractivity contribution in [1.29, 1.82) is 0 Å². The van der Waals surface area contributed by atoms with Gasteiger partial charge in [-0.25, -0.2) is 0 Å². The van der Waals surface area contributed by atoms with Crippen molar-refractivity contribution in [2.75, 3.05) is 13.2 Å². The van der Waals surface area contributed by atoms with Crippen molar-refractivity contribution in [2.24, 2.45) is 0 Å². The van der Waals surface area contributed by atoms with E-state index in [0.717, 1.165) is 57.8 Å². The van der Waals surface area contributed by atoms with E-state index in [0.29, 0.717) is 6.42 Å². The molecule has 1 heterocycles. The van der Waals surface area contributed by atoms with Crippen molar-refractivity contribution in [1.82, 2.24) is 5.32 Å². The van der Waals surface area contributed by atoms with Crippen LogP contribution in [0.15, 0.2) is 36.5 Å². The summed E-state index contributed by atoms with van der Waals surface area (Å²) in [6, 6.07) is -0.809. The van der Waals surface area contributed by atoms with Gasteiger partial charge in [-0.05, 0) is 51.4 Å². The Balaban J connectivity index is 2.21. The first-order chi connectivity index (χ1) is 32.8. The van der Waals surface area contributed by atoms with Gasteiger partial charge in [-0.3, -0.25) is 4.79 Å². The van der Waals surface area contributed by atoms with Gasteiger partial charge in [-0.2, -0.15) is 0 Å². The van der Waals surface area contributed by atoms with Crippen LogP contribution in [0.3, 0.4) is 0 Å². The molecule has 1 saturated heterocycles. The van der Waals surface area contributed by atoms with Gasteiger partial charge in [0.15, 0.2) is 6.29 Å². The highest BCUT2D eigenvalue weighted by Crippen LogP contribution is 2.23. The minimum atomic E-state index is -1.57. The Morgan fingerprint density at radius 3 is 1.31 bits per heavy atom. The Bertz CT molecular complexity index is 1150. The molecule has 0 saturated carbocycles. The summed E-state index contributed by atoms with van der Waals surface area (Å²) in [5.41, 5.74) is 0. The summed E-state index contributed by atoms with van der Waals surface area (Å²) in [6.07, 6.45) is 54.9. The largest absolute Gasteiger partial charge is 0.394 e. The normalized spacial score (nSPS) is 19.9. The van der Waals surface area contributed by atoms with Crippen LogP contribution in [0.25, 0.3) is 0 Å². The summed E-state index contributed by atoms with van der Waals surface area (Å²) < 4.78 is 11.3. The van der Waals surface area contributed by atoms with Crippen molar-refractivity contribution < 1.29 is 39.8 Å². The van der Waals surface area contributed by atoms with Gasteiger partial charge in [-0.1, -0.05) is 249 Å². The highest BCUT2D eigenvalue weighted by Gasteiger charge is 2.44. The molecule has 1 amide bonds. The van der Waals surface area contributed by atoms with Crippen LogP contribution < -0.4 is 5.32 Å². The van der Waals surface area contributed by atoms with E-state index in [-0.39, 0.29) is 12.5 Å². The van der Waals surface area contributed by atoms with Gasteiger partial charge in [0.1, 0.15) is 24.4 Å². The average Bonchev–Trinajstić information content (AvgIpc) is 3.33. The van der Waals surface area contributed by atoms with Crippen molar-refractivity contribution in [3.05, 3.63) is 36.5 Å². The zero-order chi connectivity index (χ0) is 48.7. The number of carbonyl (C=O) groups is 1. The Morgan fingerprint density at radius 2 is 0.881 bits per heavy atom. The summed E-state index contributed by atoms with van der Waals surface area (Å²) in [7, 11) is 0. The first-order valence-corrected chi connectivity index (χ1v) is 28.7. The van der Waals surface area contributed by atoms with Gasteiger partial charge in [0, 0.05) is 6.42 Å². The molecule has 9 nitrogen and oxygen atoms in total. The molecule has 0 aromatic carbocycles. The quantitative estimate of drug-likeness (QED) is 0.0261. The fourth-order valence-corrected chi connectivity index (χ4v) is 9.13. The van der Waals surface area contributed by atoms with Crippen molar-refractivity contribution in [3.63, 3.8) is 0 Å². The Morgan fingerprint density at radius 1 is 0.507 bits per heavy atom. The molecule has 1 fully saturated rings. The molecule has 0 aliphatic carbocycles. The third-order valence-corrected chi connectivity index (χ3v) is 13.7. The number of unbranched alkanes of at least 4 members (excludes halogenated alkanes) is 35. The van der Waals surface area contributed by atoms with E-state index in [2.05, 4.69) is 43.5 Å². The summed E-state index contributed by atoms with van der Waals surface area (Å²) in [5, 5.41) is 54.5. The molecule has 0 bridgehead atoms. The lowest BCUT2D eigenvalue weighted by atomic mass is 9.99. The predicted octanol–water partition coefficient (Wildman–Crippen LogP) is 14.0. The second-order valence-electron chi connectivity index (χ2n) is 20.1. The number of nitrogens with one attached hydrogen (secondary N) is 1. The Labute approximate surface area is 412 Å². The molecule has 9 heteroatoms. The maximum atomic E-state index is 13.0. The minimum absolute atomic E-state index is 0.183. The molecule has 7 atom stereocenters. The summed E-state index contributed by atoms with van der Waals surface area (Å²) in [6.45, 7) is 3.77. The van der Waals surface area contributed by atoms with Crippen LogP contribution in [0.2, 0.25) is 0 Å². The van der Waals surface area contributed by atoms with Crippen LogP contribution in [-0.2, 0) is 14.3 Å².